The molecule has 3 rings (SSSR count). The normalized spacial score (nSPS) is 16.8. The largest absolute Gasteiger partial charge is 0.342 e. The van der Waals surface area contributed by atoms with Crippen LogP contribution in [-0.4, -0.2) is 40.4 Å². The van der Waals surface area contributed by atoms with Gasteiger partial charge in [-0.05, 0) is 49.2 Å². The lowest BCUT2D eigenvalue weighted by molar-refractivity contribution is -0.132. The van der Waals surface area contributed by atoms with E-state index in [4.69, 9.17) is 11.6 Å². The SMILES string of the molecule is O=C(CCC(=O)N1CCCC(C(=O)c2ccc(Cl)cc2)C1)c1cccnc1. The first-order valence-electron chi connectivity index (χ1n) is 9.05. The fourth-order valence-electron chi connectivity index (χ4n) is 3.32. The van der Waals surface area contributed by atoms with Gasteiger partial charge in [0.05, 0.1) is 0 Å². The number of ketones is 2. The number of piperidine rings is 1. The second-order valence-corrected chi connectivity index (χ2v) is 7.15. The van der Waals surface area contributed by atoms with Crippen molar-refractivity contribution in [2.45, 2.75) is 25.7 Å². The van der Waals surface area contributed by atoms with Gasteiger partial charge in [-0.15, -0.1) is 0 Å². The maximum Gasteiger partial charge on any atom is 0.223 e. The Morgan fingerprint density at radius 2 is 1.85 bits per heavy atom. The van der Waals surface area contributed by atoms with Crippen molar-refractivity contribution < 1.29 is 14.4 Å². The standard InChI is InChI=1S/C21H21ClN2O3/c22-18-7-5-15(6-8-18)21(27)17-4-2-12-24(14-17)20(26)10-9-19(25)16-3-1-11-23-13-16/h1,3,5-8,11,13,17H,2,4,9-10,12,14H2. The van der Waals surface area contributed by atoms with E-state index < -0.39 is 0 Å². The van der Waals surface area contributed by atoms with Crippen LogP contribution in [0.1, 0.15) is 46.4 Å². The Labute approximate surface area is 163 Å². The highest BCUT2D eigenvalue weighted by Crippen LogP contribution is 2.23. The lowest BCUT2D eigenvalue weighted by Crippen LogP contribution is -2.42. The molecule has 1 aliphatic heterocycles. The summed E-state index contributed by atoms with van der Waals surface area (Å²) in [5.74, 6) is -0.350. The monoisotopic (exact) mass is 384 g/mol. The Hall–Kier alpha value is -2.53. The molecule has 2 aromatic rings. The van der Waals surface area contributed by atoms with Gasteiger partial charge in [-0.3, -0.25) is 19.4 Å². The van der Waals surface area contributed by atoms with Gasteiger partial charge in [0, 0.05) is 60.4 Å². The first-order chi connectivity index (χ1) is 13.0. The van der Waals surface area contributed by atoms with E-state index in [1.807, 2.05) is 0 Å². The smallest absolute Gasteiger partial charge is 0.223 e. The van der Waals surface area contributed by atoms with Crippen molar-refractivity contribution in [3.63, 3.8) is 0 Å². The minimum atomic E-state index is -0.210. The van der Waals surface area contributed by atoms with Crippen LogP contribution in [0.4, 0.5) is 0 Å². The predicted octanol–water partition coefficient (Wildman–Crippen LogP) is 3.82. The van der Waals surface area contributed by atoms with Crippen molar-refractivity contribution in [2.75, 3.05) is 13.1 Å². The highest BCUT2D eigenvalue weighted by molar-refractivity contribution is 6.30. The summed E-state index contributed by atoms with van der Waals surface area (Å²) in [5, 5.41) is 0.588. The molecular formula is C21H21ClN2O3. The maximum atomic E-state index is 12.7. The minimum Gasteiger partial charge on any atom is -0.342 e. The molecule has 0 radical (unpaired) electrons. The number of halogens is 1. The zero-order chi connectivity index (χ0) is 19.2. The number of carbonyl (C=O) groups is 3. The maximum absolute atomic E-state index is 12.7. The molecule has 5 nitrogen and oxygen atoms in total. The van der Waals surface area contributed by atoms with E-state index in [0.717, 1.165) is 12.8 Å². The van der Waals surface area contributed by atoms with Crippen LogP contribution in [0.25, 0.3) is 0 Å². The topological polar surface area (TPSA) is 67.3 Å². The van der Waals surface area contributed by atoms with Gasteiger partial charge in [-0.1, -0.05) is 11.6 Å². The van der Waals surface area contributed by atoms with Gasteiger partial charge in [0.15, 0.2) is 11.6 Å². The Morgan fingerprint density at radius 1 is 1.07 bits per heavy atom. The highest BCUT2D eigenvalue weighted by atomic mass is 35.5. The molecule has 0 spiro atoms. The number of rotatable bonds is 6. The van der Waals surface area contributed by atoms with E-state index in [0.29, 0.717) is 29.2 Å². The van der Waals surface area contributed by atoms with E-state index in [1.165, 1.54) is 6.20 Å². The van der Waals surface area contributed by atoms with Crippen LogP contribution in [0.5, 0.6) is 0 Å². The fourth-order valence-corrected chi connectivity index (χ4v) is 3.44. The molecule has 0 N–H and O–H groups in total. The number of likely N-dealkylation sites (tertiary alicyclic amines) is 1. The number of aromatic nitrogens is 1. The third-order valence-corrected chi connectivity index (χ3v) is 5.08. The lowest BCUT2D eigenvalue weighted by atomic mass is 9.90. The second-order valence-electron chi connectivity index (χ2n) is 6.71. The van der Waals surface area contributed by atoms with Crippen LogP contribution in [0.2, 0.25) is 5.02 Å². The van der Waals surface area contributed by atoms with Gasteiger partial charge in [-0.2, -0.15) is 0 Å². The molecule has 2 heterocycles. The first-order valence-corrected chi connectivity index (χ1v) is 9.43. The summed E-state index contributed by atoms with van der Waals surface area (Å²) < 4.78 is 0. The van der Waals surface area contributed by atoms with Crippen molar-refractivity contribution in [2.24, 2.45) is 5.92 Å². The molecule has 0 aliphatic carbocycles. The number of hydrogen-bond donors (Lipinski definition) is 0. The molecule has 1 atom stereocenters. The molecule has 1 amide bonds. The number of amides is 1. The van der Waals surface area contributed by atoms with Crippen LogP contribution in [0.3, 0.4) is 0 Å². The summed E-state index contributed by atoms with van der Waals surface area (Å²) in [6.45, 7) is 1.03. The van der Waals surface area contributed by atoms with E-state index in [2.05, 4.69) is 4.98 Å². The Bertz CT molecular complexity index is 821. The van der Waals surface area contributed by atoms with Crippen molar-refractivity contribution in [3.8, 4) is 0 Å². The molecule has 0 bridgehead atoms. The molecule has 6 heteroatoms. The average molecular weight is 385 g/mol. The van der Waals surface area contributed by atoms with Crippen LogP contribution in [0.15, 0.2) is 48.8 Å². The molecule has 1 saturated heterocycles. The zero-order valence-corrected chi connectivity index (χ0v) is 15.7. The number of nitrogens with zero attached hydrogens (tertiary/aromatic N) is 2. The second kappa shape index (κ2) is 8.91. The summed E-state index contributed by atoms with van der Waals surface area (Å²) in [6, 6.07) is 10.2. The van der Waals surface area contributed by atoms with Crippen LogP contribution in [-0.2, 0) is 4.79 Å². The van der Waals surface area contributed by atoms with Crippen LogP contribution >= 0.6 is 11.6 Å². The molecule has 1 aromatic heterocycles. The Morgan fingerprint density at radius 3 is 2.56 bits per heavy atom. The summed E-state index contributed by atoms with van der Waals surface area (Å²) >= 11 is 5.88. The minimum absolute atomic E-state index is 0.0376. The fraction of sp³-hybridized carbons (Fsp3) is 0.333. The summed E-state index contributed by atoms with van der Waals surface area (Å²) in [4.78, 5) is 43.0. The van der Waals surface area contributed by atoms with Crippen LogP contribution in [0, 0.1) is 5.92 Å². The molecular weight excluding hydrogens is 364 g/mol. The number of pyridine rings is 1. The van der Waals surface area contributed by atoms with Gasteiger partial charge in [0.2, 0.25) is 5.91 Å². The molecule has 1 aliphatic rings. The third-order valence-electron chi connectivity index (χ3n) is 4.82. The van der Waals surface area contributed by atoms with E-state index in [-0.39, 0.29) is 36.2 Å². The van der Waals surface area contributed by atoms with E-state index in [1.54, 1.807) is 47.5 Å². The van der Waals surface area contributed by atoms with Crippen molar-refractivity contribution in [1.82, 2.24) is 9.88 Å². The molecule has 0 saturated carbocycles. The lowest BCUT2D eigenvalue weighted by Gasteiger charge is -2.32. The number of hydrogen-bond acceptors (Lipinski definition) is 4. The molecule has 27 heavy (non-hydrogen) atoms. The van der Waals surface area contributed by atoms with Crippen molar-refractivity contribution >= 4 is 29.1 Å². The summed E-state index contributed by atoms with van der Waals surface area (Å²) in [5.41, 5.74) is 1.13. The van der Waals surface area contributed by atoms with Gasteiger partial charge in [0.25, 0.3) is 0 Å². The summed E-state index contributed by atoms with van der Waals surface area (Å²) in [6.07, 6.45) is 4.96. The van der Waals surface area contributed by atoms with Crippen molar-refractivity contribution in [3.05, 3.63) is 64.9 Å². The van der Waals surface area contributed by atoms with Gasteiger partial charge >= 0.3 is 0 Å². The third kappa shape index (κ3) is 5.01. The van der Waals surface area contributed by atoms with Crippen LogP contribution < -0.4 is 0 Å². The number of carbonyl (C=O) groups excluding carboxylic acids is 3. The van der Waals surface area contributed by atoms with Gasteiger partial charge in [0.1, 0.15) is 0 Å². The predicted molar refractivity (Wildman–Crippen MR) is 103 cm³/mol. The highest BCUT2D eigenvalue weighted by Gasteiger charge is 2.29. The Balaban J connectivity index is 1.55. The molecule has 140 valence electrons. The van der Waals surface area contributed by atoms with Gasteiger partial charge < -0.3 is 4.90 Å². The number of benzene rings is 1. The quantitative estimate of drug-likeness (QED) is 0.710. The van der Waals surface area contributed by atoms with E-state index >= 15 is 0 Å². The summed E-state index contributed by atoms with van der Waals surface area (Å²) in [7, 11) is 0. The average Bonchev–Trinajstić information content (AvgIpc) is 2.72. The molecule has 1 aromatic carbocycles. The Kier molecular flexibility index (Phi) is 6.35. The first kappa shape index (κ1) is 19.2. The van der Waals surface area contributed by atoms with E-state index in [9.17, 15) is 14.4 Å². The zero-order valence-electron chi connectivity index (χ0n) is 14.9. The molecule has 1 unspecified atom stereocenters. The molecule has 1 fully saturated rings. The van der Waals surface area contributed by atoms with Gasteiger partial charge in [-0.25, -0.2) is 0 Å². The number of Topliss-reactive ketones (excluding diaryl/α,β-unsaturated/α-hetero) is 2. The van der Waals surface area contributed by atoms with Crippen molar-refractivity contribution in [1.29, 1.82) is 0 Å².